The van der Waals surface area contributed by atoms with Crippen molar-refractivity contribution in [3.05, 3.63) is 28.1 Å². The largest absolute Gasteiger partial charge is 0.351 e. The number of pyridine rings is 1. The summed E-state index contributed by atoms with van der Waals surface area (Å²) in [5, 5.41) is 11.5. The molecule has 1 aromatic heterocycles. The predicted molar refractivity (Wildman–Crippen MR) is 76.1 cm³/mol. The zero-order valence-electron chi connectivity index (χ0n) is 11.8. The van der Waals surface area contributed by atoms with Gasteiger partial charge in [-0.25, -0.2) is 15.0 Å². The first kappa shape index (κ1) is 14.4. The number of nitrogens with zero attached hydrogens (tertiary/aromatic N) is 4. The van der Waals surface area contributed by atoms with Gasteiger partial charge >= 0.3 is 0 Å². The quantitative estimate of drug-likeness (QED) is 0.852. The smallest absolute Gasteiger partial charge is 0.257 e. The molecule has 0 aromatic carbocycles. The molecule has 1 amide bonds. The fraction of sp³-hybridized carbons (Fsp3) is 0.571. The van der Waals surface area contributed by atoms with Gasteiger partial charge in [0, 0.05) is 32.6 Å². The van der Waals surface area contributed by atoms with Gasteiger partial charge in [0.25, 0.3) is 5.85 Å². The summed E-state index contributed by atoms with van der Waals surface area (Å²) in [6.07, 6.45) is 3.66. The molecule has 0 radical (unpaired) electrons. The molecule has 2 aliphatic rings. The first-order valence-corrected chi connectivity index (χ1v) is 7.42. The van der Waals surface area contributed by atoms with Crippen LogP contribution in [0.15, 0.2) is 22.2 Å². The summed E-state index contributed by atoms with van der Waals surface area (Å²) in [5.41, 5.74) is 0.433. The molecule has 112 valence electrons. The van der Waals surface area contributed by atoms with Crippen molar-refractivity contribution in [1.29, 1.82) is 0 Å². The lowest BCUT2D eigenvalue weighted by molar-refractivity contribution is -0.130. The molecular formula is C14H17ClN4O2. The number of aromatic nitrogens is 1. The number of rotatable bonds is 2. The molecule has 1 N–H and O–H groups in total. The van der Waals surface area contributed by atoms with Crippen molar-refractivity contribution < 1.29 is 9.90 Å². The van der Waals surface area contributed by atoms with Crippen molar-refractivity contribution in [1.82, 2.24) is 9.88 Å². The maximum atomic E-state index is 11.3. The third kappa shape index (κ3) is 3.06. The summed E-state index contributed by atoms with van der Waals surface area (Å²) < 4.78 is 0. The Kier molecular flexibility index (Phi) is 3.67. The number of carbonyl (C=O) groups excluding carboxylic acids is 1. The lowest BCUT2D eigenvalue weighted by Crippen LogP contribution is -2.39. The standard InChI is InChI=1S/C14H17ClN4O2/c1-9(20)19-4-2-10(3-5-19)7-14(21)17-12-6-11(15)8-16-13(12)18-14/h6,8,10,21H,2-5,7H2,1H3. The van der Waals surface area contributed by atoms with Crippen LogP contribution in [0.4, 0.5) is 0 Å². The molecule has 3 heterocycles. The molecule has 3 rings (SSSR count). The van der Waals surface area contributed by atoms with Crippen LogP contribution in [0.2, 0.25) is 5.02 Å². The van der Waals surface area contributed by atoms with Crippen molar-refractivity contribution in [2.24, 2.45) is 15.9 Å². The van der Waals surface area contributed by atoms with Crippen LogP contribution in [-0.4, -0.2) is 39.8 Å². The Bertz CT molecular complexity index is 685. The van der Waals surface area contributed by atoms with Gasteiger partial charge in [-0.1, -0.05) is 11.6 Å². The molecule has 2 aliphatic heterocycles. The molecule has 0 bridgehead atoms. The maximum Gasteiger partial charge on any atom is 0.257 e. The molecule has 0 saturated carbocycles. The third-order valence-electron chi connectivity index (χ3n) is 4.02. The van der Waals surface area contributed by atoms with Crippen molar-refractivity contribution in [3.8, 4) is 0 Å². The summed E-state index contributed by atoms with van der Waals surface area (Å²) in [5.74, 6) is -1.04. The van der Waals surface area contributed by atoms with E-state index in [9.17, 15) is 9.90 Å². The molecule has 7 heteroatoms. The van der Waals surface area contributed by atoms with E-state index in [0.717, 1.165) is 25.9 Å². The molecule has 1 atom stereocenters. The fourth-order valence-electron chi connectivity index (χ4n) is 2.91. The molecule has 1 aromatic rings. The van der Waals surface area contributed by atoms with Crippen LogP contribution in [0.5, 0.6) is 0 Å². The van der Waals surface area contributed by atoms with Crippen LogP contribution >= 0.6 is 11.6 Å². The molecule has 6 nitrogen and oxygen atoms in total. The Morgan fingerprint density at radius 2 is 2.19 bits per heavy atom. The molecule has 0 aliphatic carbocycles. The van der Waals surface area contributed by atoms with E-state index in [1.807, 2.05) is 4.90 Å². The van der Waals surface area contributed by atoms with Crippen molar-refractivity contribution in [3.63, 3.8) is 0 Å². The Morgan fingerprint density at radius 1 is 1.48 bits per heavy atom. The minimum Gasteiger partial charge on any atom is -0.351 e. The van der Waals surface area contributed by atoms with Gasteiger partial charge in [-0.2, -0.15) is 0 Å². The highest BCUT2D eigenvalue weighted by atomic mass is 35.5. The van der Waals surface area contributed by atoms with E-state index < -0.39 is 5.85 Å². The zero-order valence-corrected chi connectivity index (χ0v) is 12.5. The third-order valence-corrected chi connectivity index (χ3v) is 4.23. The van der Waals surface area contributed by atoms with Crippen LogP contribution in [0.1, 0.15) is 26.2 Å². The van der Waals surface area contributed by atoms with Crippen LogP contribution in [-0.2, 0) is 4.79 Å². The molecule has 1 fully saturated rings. The Balaban J connectivity index is 1.71. The molecule has 1 unspecified atom stereocenters. The number of likely N-dealkylation sites (tertiary alicyclic amines) is 1. The highest BCUT2D eigenvalue weighted by Gasteiger charge is 2.34. The van der Waals surface area contributed by atoms with E-state index in [2.05, 4.69) is 15.0 Å². The van der Waals surface area contributed by atoms with Crippen molar-refractivity contribution in [2.75, 3.05) is 13.1 Å². The number of hydrogen-bond acceptors (Lipinski definition) is 5. The number of halogens is 1. The average molecular weight is 309 g/mol. The van der Waals surface area contributed by atoms with Gasteiger partial charge in [-0.05, 0) is 24.8 Å². The van der Waals surface area contributed by atoms with E-state index in [1.165, 1.54) is 6.20 Å². The highest BCUT2D eigenvalue weighted by molar-refractivity contribution is 6.30. The van der Waals surface area contributed by atoms with Crippen LogP contribution in [0, 0.1) is 5.92 Å². The maximum absolute atomic E-state index is 11.3. The van der Waals surface area contributed by atoms with Crippen molar-refractivity contribution >= 4 is 17.5 Å². The zero-order chi connectivity index (χ0) is 15.0. The highest BCUT2D eigenvalue weighted by Crippen LogP contribution is 2.28. The number of fused-ring (bicyclic) bond motifs is 1. The predicted octanol–water partition coefficient (Wildman–Crippen LogP) is 0.282. The summed E-state index contributed by atoms with van der Waals surface area (Å²) >= 11 is 5.87. The summed E-state index contributed by atoms with van der Waals surface area (Å²) in [6.45, 7) is 3.04. The molecule has 21 heavy (non-hydrogen) atoms. The van der Waals surface area contributed by atoms with Crippen LogP contribution < -0.4 is 10.8 Å². The molecule has 1 saturated heterocycles. The molecule has 0 spiro atoms. The van der Waals surface area contributed by atoms with E-state index in [0.29, 0.717) is 28.2 Å². The number of amides is 1. The van der Waals surface area contributed by atoms with E-state index in [1.54, 1.807) is 13.0 Å². The van der Waals surface area contributed by atoms with E-state index >= 15 is 0 Å². The Morgan fingerprint density at radius 3 is 2.86 bits per heavy atom. The van der Waals surface area contributed by atoms with Gasteiger partial charge in [-0.15, -0.1) is 0 Å². The topological polar surface area (TPSA) is 78.2 Å². The van der Waals surface area contributed by atoms with Gasteiger partial charge in [-0.3, -0.25) is 4.79 Å². The van der Waals surface area contributed by atoms with Gasteiger partial charge in [0.2, 0.25) is 5.91 Å². The van der Waals surface area contributed by atoms with Gasteiger partial charge in [0.05, 0.1) is 5.02 Å². The SMILES string of the molecule is CC(=O)N1CCC(CC2(O)N=c3cc(Cl)cnc3=N2)CC1. The minimum atomic E-state index is -1.44. The normalized spacial score (nSPS) is 25.2. The number of piperidine rings is 1. The lowest BCUT2D eigenvalue weighted by atomic mass is 9.91. The van der Waals surface area contributed by atoms with Crippen molar-refractivity contribution in [2.45, 2.75) is 32.0 Å². The van der Waals surface area contributed by atoms with E-state index in [4.69, 9.17) is 11.6 Å². The lowest BCUT2D eigenvalue weighted by Gasteiger charge is -2.33. The number of hydrogen-bond donors (Lipinski definition) is 1. The Labute approximate surface area is 127 Å². The number of aliphatic hydroxyl groups is 1. The van der Waals surface area contributed by atoms with Gasteiger partial charge < -0.3 is 10.0 Å². The first-order chi connectivity index (χ1) is 9.95. The monoisotopic (exact) mass is 308 g/mol. The second-order valence-electron chi connectivity index (χ2n) is 5.65. The fourth-order valence-corrected chi connectivity index (χ4v) is 3.06. The second kappa shape index (κ2) is 5.35. The summed E-state index contributed by atoms with van der Waals surface area (Å²) in [4.78, 5) is 25.7. The van der Waals surface area contributed by atoms with Crippen LogP contribution in [0.25, 0.3) is 0 Å². The van der Waals surface area contributed by atoms with Gasteiger partial charge in [0.1, 0.15) is 5.36 Å². The summed E-state index contributed by atoms with van der Waals surface area (Å²) in [7, 11) is 0. The number of carbonyl (C=O) groups is 1. The molecular weight excluding hydrogens is 292 g/mol. The summed E-state index contributed by atoms with van der Waals surface area (Å²) in [6, 6.07) is 1.66. The Hall–Kier alpha value is -1.53. The van der Waals surface area contributed by atoms with E-state index in [-0.39, 0.29) is 5.91 Å². The van der Waals surface area contributed by atoms with Gasteiger partial charge in [0.15, 0.2) is 5.49 Å². The van der Waals surface area contributed by atoms with Crippen LogP contribution in [0.3, 0.4) is 0 Å². The first-order valence-electron chi connectivity index (χ1n) is 7.04. The second-order valence-corrected chi connectivity index (χ2v) is 6.08. The average Bonchev–Trinajstić information content (AvgIpc) is 2.74. The minimum absolute atomic E-state index is 0.105.